The van der Waals surface area contributed by atoms with Crippen LogP contribution in [0.4, 0.5) is 4.39 Å². The highest BCUT2D eigenvalue weighted by Gasteiger charge is 2.32. The van der Waals surface area contributed by atoms with Crippen LogP contribution in [-0.2, 0) is 9.47 Å². The van der Waals surface area contributed by atoms with Crippen LogP contribution in [0, 0.1) is 5.92 Å². The summed E-state index contributed by atoms with van der Waals surface area (Å²) in [4.78, 5) is 2.33. The quantitative estimate of drug-likeness (QED) is 0.172. The molecule has 0 radical (unpaired) electrons. The molecule has 0 N–H and O–H groups in total. The van der Waals surface area contributed by atoms with Crippen molar-refractivity contribution in [2.75, 3.05) is 39.6 Å². The van der Waals surface area contributed by atoms with Crippen molar-refractivity contribution in [2.24, 2.45) is 5.92 Å². The number of fused-ring (bicyclic) bond motifs is 1. The minimum absolute atomic E-state index is 0.146. The Kier molecular flexibility index (Phi) is 11.6. The SMILES string of the molecule is CC1=C(c2cc(OC3CCCCO3)cc([Si](C)(C)C)c2)C(c2ccc(OC[C@H](C)N3CC[C@@H](CF)C3)cc2)Oc2ccc(OC3CCCCO3)cc21. The van der Waals surface area contributed by atoms with Gasteiger partial charge in [-0.2, -0.15) is 0 Å². The predicted octanol–water partition coefficient (Wildman–Crippen LogP) is 9.17. The van der Waals surface area contributed by atoms with Crippen LogP contribution in [0.1, 0.15) is 81.6 Å². The lowest BCUT2D eigenvalue weighted by atomic mass is 9.86. The van der Waals surface area contributed by atoms with Crippen LogP contribution in [0.25, 0.3) is 11.1 Å². The first-order valence-electron chi connectivity index (χ1n) is 19.4. The fourth-order valence-corrected chi connectivity index (χ4v) is 8.89. The van der Waals surface area contributed by atoms with E-state index < -0.39 is 8.07 Å². The summed E-state index contributed by atoms with van der Waals surface area (Å²) in [6.07, 6.45) is 6.25. The second-order valence-electron chi connectivity index (χ2n) is 16.1. The molecule has 7 nitrogen and oxygen atoms in total. The topological polar surface area (TPSA) is 58.6 Å². The monoisotopic (exact) mass is 729 g/mol. The smallest absolute Gasteiger partial charge is 0.199 e. The molecule has 0 saturated carbocycles. The highest BCUT2D eigenvalue weighted by Crippen LogP contribution is 2.48. The number of allylic oxidation sites excluding steroid dienone is 1. The lowest BCUT2D eigenvalue weighted by Crippen LogP contribution is -2.38. The standard InChI is InChI=1S/C43H56FNO6Si/c1-29(45-19-18-31(26-44)27-45)28-48-34-14-12-32(13-15-34)43-42(30(2)38-25-35(16-17-39(38)51-43)49-40-10-6-8-20-46-40)33-22-36(24-37(23-33)52(3,4)5)50-41-11-7-9-21-47-41/h12-17,22-25,29,31,40-41,43H,6-11,18-21,26-28H2,1-5H3/t29-,31-,40?,41?,43?/m0/s1. The van der Waals surface area contributed by atoms with E-state index in [-0.39, 0.29) is 37.3 Å². The van der Waals surface area contributed by atoms with E-state index >= 15 is 0 Å². The van der Waals surface area contributed by atoms with Gasteiger partial charge in [-0.15, -0.1) is 0 Å². The summed E-state index contributed by atoms with van der Waals surface area (Å²) in [5, 5.41) is 1.32. The highest BCUT2D eigenvalue weighted by molar-refractivity contribution is 6.88. The molecular formula is C43H56FNO6Si. The van der Waals surface area contributed by atoms with E-state index in [9.17, 15) is 4.39 Å². The lowest BCUT2D eigenvalue weighted by molar-refractivity contribution is -0.106. The van der Waals surface area contributed by atoms with Gasteiger partial charge in [0.1, 0.15) is 35.7 Å². The predicted molar refractivity (Wildman–Crippen MR) is 207 cm³/mol. The first-order valence-corrected chi connectivity index (χ1v) is 22.9. The number of ether oxygens (including phenoxy) is 6. The third-order valence-electron chi connectivity index (χ3n) is 11.0. The first kappa shape index (κ1) is 37.0. The van der Waals surface area contributed by atoms with Crippen LogP contribution in [0.2, 0.25) is 19.6 Å². The minimum atomic E-state index is -1.75. The van der Waals surface area contributed by atoms with Crippen LogP contribution >= 0.6 is 0 Å². The molecule has 0 spiro atoms. The summed E-state index contributed by atoms with van der Waals surface area (Å²) in [6.45, 7) is 15.0. The lowest BCUT2D eigenvalue weighted by Gasteiger charge is -2.33. The van der Waals surface area contributed by atoms with Crippen LogP contribution in [0.15, 0.2) is 60.7 Å². The first-order chi connectivity index (χ1) is 25.1. The molecule has 9 heteroatoms. The van der Waals surface area contributed by atoms with Crippen molar-refractivity contribution < 1.29 is 32.8 Å². The van der Waals surface area contributed by atoms with E-state index in [0.29, 0.717) is 6.61 Å². The van der Waals surface area contributed by atoms with Crippen molar-refractivity contribution >= 4 is 24.4 Å². The van der Waals surface area contributed by atoms with Gasteiger partial charge in [-0.25, -0.2) is 0 Å². The van der Waals surface area contributed by atoms with E-state index in [2.05, 4.69) is 74.8 Å². The van der Waals surface area contributed by atoms with Gasteiger partial charge in [0.05, 0.1) is 28.0 Å². The van der Waals surface area contributed by atoms with Crippen molar-refractivity contribution in [3.05, 3.63) is 77.4 Å². The molecule has 3 saturated heterocycles. The molecule has 0 bridgehead atoms. The van der Waals surface area contributed by atoms with E-state index in [1.54, 1.807) is 0 Å². The molecule has 3 aromatic rings. The Labute approximate surface area is 310 Å². The second-order valence-corrected chi connectivity index (χ2v) is 21.1. The second kappa shape index (κ2) is 16.3. The van der Waals surface area contributed by atoms with Crippen LogP contribution < -0.4 is 24.1 Å². The average Bonchev–Trinajstić information content (AvgIpc) is 3.64. The van der Waals surface area contributed by atoms with Gasteiger partial charge < -0.3 is 28.4 Å². The molecule has 0 amide bonds. The Morgan fingerprint density at radius 2 is 1.52 bits per heavy atom. The maximum atomic E-state index is 13.2. The van der Waals surface area contributed by atoms with Gasteiger partial charge in [-0.1, -0.05) is 43.0 Å². The van der Waals surface area contributed by atoms with Gasteiger partial charge in [0.2, 0.25) is 0 Å². The average molecular weight is 730 g/mol. The number of alkyl halides is 1. The minimum Gasteiger partial charge on any atom is -0.492 e. The maximum absolute atomic E-state index is 13.2. The van der Waals surface area contributed by atoms with E-state index in [0.717, 1.165) is 122 Å². The summed E-state index contributed by atoms with van der Waals surface area (Å²) in [5.74, 6) is 3.40. The van der Waals surface area contributed by atoms with E-state index in [1.165, 1.54) is 5.19 Å². The molecule has 52 heavy (non-hydrogen) atoms. The van der Waals surface area contributed by atoms with Crippen molar-refractivity contribution in [2.45, 2.75) is 103 Å². The molecule has 4 aliphatic heterocycles. The number of hydrogen-bond donors (Lipinski definition) is 0. The van der Waals surface area contributed by atoms with Gasteiger partial charge in [0, 0.05) is 42.5 Å². The zero-order valence-electron chi connectivity index (χ0n) is 31.6. The number of likely N-dealkylation sites (tertiary alicyclic amines) is 1. The molecule has 4 aliphatic rings. The molecule has 3 unspecified atom stereocenters. The normalized spacial score (nSPS) is 24.6. The van der Waals surface area contributed by atoms with Gasteiger partial charge >= 0.3 is 0 Å². The number of halogens is 1. The fourth-order valence-electron chi connectivity index (χ4n) is 7.73. The van der Waals surface area contributed by atoms with Gasteiger partial charge in [-0.3, -0.25) is 9.29 Å². The summed E-state index contributed by atoms with van der Waals surface area (Å²) < 4.78 is 51.2. The Hall–Kier alpha value is -3.37. The maximum Gasteiger partial charge on any atom is 0.199 e. The van der Waals surface area contributed by atoms with Crippen LogP contribution in [-0.4, -0.2) is 71.2 Å². The zero-order valence-corrected chi connectivity index (χ0v) is 32.6. The van der Waals surface area contributed by atoms with Gasteiger partial charge in [-0.05, 0) is 112 Å². The molecule has 0 aromatic heterocycles. The van der Waals surface area contributed by atoms with Crippen LogP contribution in [0.3, 0.4) is 0 Å². The van der Waals surface area contributed by atoms with Gasteiger partial charge in [0.25, 0.3) is 0 Å². The molecule has 3 fully saturated rings. The van der Waals surface area contributed by atoms with E-state index in [4.69, 9.17) is 28.4 Å². The van der Waals surface area contributed by atoms with Crippen LogP contribution in [0.5, 0.6) is 23.0 Å². The molecular weight excluding hydrogens is 674 g/mol. The van der Waals surface area contributed by atoms with Crippen molar-refractivity contribution in [3.8, 4) is 23.0 Å². The van der Waals surface area contributed by atoms with Crippen molar-refractivity contribution in [1.29, 1.82) is 0 Å². The molecule has 5 atom stereocenters. The molecule has 3 aromatic carbocycles. The molecule has 7 rings (SSSR count). The fraction of sp³-hybridized carbons (Fsp3) is 0.535. The summed E-state index contributed by atoms with van der Waals surface area (Å²) in [6, 6.07) is 21.4. The molecule has 0 aliphatic carbocycles. The highest BCUT2D eigenvalue weighted by atomic mass is 28.3. The Morgan fingerprint density at radius 3 is 2.15 bits per heavy atom. The molecule has 280 valence electrons. The Morgan fingerprint density at radius 1 is 0.827 bits per heavy atom. The zero-order chi connectivity index (χ0) is 36.2. The van der Waals surface area contributed by atoms with Gasteiger partial charge in [0.15, 0.2) is 12.6 Å². The third kappa shape index (κ3) is 8.70. The summed E-state index contributed by atoms with van der Waals surface area (Å²) in [7, 11) is -1.75. The number of rotatable bonds is 12. The van der Waals surface area contributed by atoms with E-state index in [1.807, 2.05) is 24.3 Å². The number of nitrogens with zero attached hydrogens (tertiary/aromatic N) is 1. The number of hydrogen-bond acceptors (Lipinski definition) is 7. The molecule has 4 heterocycles. The Balaban J connectivity index is 1.21. The van der Waals surface area contributed by atoms with Crippen molar-refractivity contribution in [3.63, 3.8) is 0 Å². The summed E-state index contributed by atoms with van der Waals surface area (Å²) >= 11 is 0. The Bertz CT molecular complexity index is 1690. The largest absolute Gasteiger partial charge is 0.492 e. The summed E-state index contributed by atoms with van der Waals surface area (Å²) in [5.41, 5.74) is 5.39. The van der Waals surface area contributed by atoms with Crippen molar-refractivity contribution in [1.82, 2.24) is 4.90 Å². The number of benzene rings is 3. The third-order valence-corrected chi connectivity index (χ3v) is 13.0.